The van der Waals surface area contributed by atoms with Gasteiger partial charge in [0.1, 0.15) is 11.5 Å². The quantitative estimate of drug-likeness (QED) is 0.688. The Hall–Kier alpha value is -3.26. The fourth-order valence-electron chi connectivity index (χ4n) is 3.34. The van der Waals surface area contributed by atoms with Crippen molar-refractivity contribution in [3.63, 3.8) is 0 Å². The summed E-state index contributed by atoms with van der Waals surface area (Å²) in [4.78, 5) is 35.7. The molecule has 0 radical (unpaired) electrons. The monoisotopic (exact) mass is 410 g/mol. The summed E-state index contributed by atoms with van der Waals surface area (Å²) < 4.78 is 0. The zero-order valence-electron chi connectivity index (χ0n) is 15.7. The van der Waals surface area contributed by atoms with E-state index in [9.17, 15) is 9.59 Å². The summed E-state index contributed by atoms with van der Waals surface area (Å²) in [6.07, 6.45) is 3.87. The Bertz CT molecular complexity index is 1040. The Morgan fingerprint density at radius 1 is 1.24 bits per heavy atom. The molecule has 3 aromatic rings. The molecule has 0 saturated carbocycles. The molecule has 0 spiro atoms. The lowest BCUT2D eigenvalue weighted by molar-refractivity contribution is 0.0784. The second-order valence-electron chi connectivity index (χ2n) is 6.90. The van der Waals surface area contributed by atoms with Crippen molar-refractivity contribution in [1.29, 1.82) is 0 Å². The van der Waals surface area contributed by atoms with Crippen molar-refractivity contribution in [2.45, 2.75) is 19.3 Å². The summed E-state index contributed by atoms with van der Waals surface area (Å²) in [5.41, 5.74) is 2.12. The van der Waals surface area contributed by atoms with E-state index in [1.54, 1.807) is 54.5 Å². The van der Waals surface area contributed by atoms with Gasteiger partial charge in [-0.3, -0.25) is 14.7 Å². The molecular weight excluding hydrogens is 392 g/mol. The molecule has 1 aliphatic heterocycles. The zero-order chi connectivity index (χ0) is 20.4. The highest BCUT2D eigenvalue weighted by Crippen LogP contribution is 2.26. The van der Waals surface area contributed by atoms with Gasteiger partial charge in [-0.15, -0.1) is 0 Å². The van der Waals surface area contributed by atoms with E-state index >= 15 is 0 Å². The number of H-pyrrole nitrogens is 1. The fourth-order valence-corrected chi connectivity index (χ4v) is 3.46. The number of likely N-dealkylation sites (tertiary alicyclic amines) is 1. The topological polar surface area (TPSA) is 104 Å². The van der Waals surface area contributed by atoms with Crippen molar-refractivity contribution in [2.24, 2.45) is 0 Å². The van der Waals surface area contributed by atoms with Crippen LogP contribution in [-0.4, -0.2) is 50.0 Å². The molecule has 8 nitrogen and oxygen atoms in total. The second-order valence-corrected chi connectivity index (χ2v) is 7.33. The molecule has 29 heavy (non-hydrogen) atoms. The number of halogens is 1. The van der Waals surface area contributed by atoms with Gasteiger partial charge in [0.2, 0.25) is 0 Å². The number of rotatable bonds is 4. The number of nitrogens with zero attached hydrogens (tertiary/aromatic N) is 4. The van der Waals surface area contributed by atoms with Gasteiger partial charge in [-0.25, -0.2) is 9.97 Å². The molecule has 1 fully saturated rings. The van der Waals surface area contributed by atoms with Gasteiger partial charge < -0.3 is 10.2 Å². The number of aromatic amines is 1. The number of aromatic nitrogens is 4. The van der Waals surface area contributed by atoms with Gasteiger partial charge in [-0.1, -0.05) is 11.6 Å². The summed E-state index contributed by atoms with van der Waals surface area (Å²) in [5, 5.41) is 9.93. The standard InChI is InChI=1S/C20H19ClN6O2/c1-12-16(19(28)25-15-4-2-14(21)3-5-15)10-22-18(24-12)13-7-9-27(11-13)20(29)17-6-8-23-26-17/h2-6,8,10,13H,7,9,11H2,1H3,(H,23,26)(H,25,28)/t13-/m1/s1. The predicted molar refractivity (Wildman–Crippen MR) is 108 cm³/mol. The number of benzene rings is 1. The van der Waals surface area contributed by atoms with Crippen LogP contribution in [0.5, 0.6) is 0 Å². The molecule has 9 heteroatoms. The van der Waals surface area contributed by atoms with Gasteiger partial charge in [0.15, 0.2) is 0 Å². The zero-order valence-corrected chi connectivity index (χ0v) is 16.5. The summed E-state index contributed by atoms with van der Waals surface area (Å²) in [6, 6.07) is 8.54. The number of amides is 2. The van der Waals surface area contributed by atoms with Crippen molar-refractivity contribution < 1.29 is 9.59 Å². The number of carbonyl (C=O) groups is 2. The first kappa shape index (κ1) is 19.1. The molecule has 0 bridgehead atoms. The normalized spacial score (nSPS) is 16.1. The van der Waals surface area contributed by atoms with Crippen molar-refractivity contribution in [3.05, 3.63) is 70.5 Å². The van der Waals surface area contributed by atoms with Gasteiger partial charge in [-0.05, 0) is 43.7 Å². The van der Waals surface area contributed by atoms with E-state index in [4.69, 9.17) is 11.6 Å². The molecule has 1 aliphatic rings. The van der Waals surface area contributed by atoms with E-state index in [0.717, 1.165) is 6.42 Å². The SMILES string of the molecule is Cc1nc([C@@H]2CCN(C(=O)c3ccn[nH]3)C2)ncc1C(=O)Nc1ccc(Cl)cc1. The molecule has 1 atom stereocenters. The largest absolute Gasteiger partial charge is 0.337 e. The van der Waals surface area contributed by atoms with Crippen LogP contribution in [0.2, 0.25) is 5.02 Å². The summed E-state index contributed by atoms with van der Waals surface area (Å²) >= 11 is 5.87. The lowest BCUT2D eigenvalue weighted by Crippen LogP contribution is -2.29. The molecule has 2 N–H and O–H groups in total. The predicted octanol–water partition coefficient (Wildman–Crippen LogP) is 3.04. The van der Waals surface area contributed by atoms with E-state index < -0.39 is 0 Å². The van der Waals surface area contributed by atoms with Crippen LogP contribution in [0.25, 0.3) is 0 Å². The molecule has 2 amide bonds. The highest BCUT2D eigenvalue weighted by molar-refractivity contribution is 6.30. The first-order valence-electron chi connectivity index (χ1n) is 9.20. The number of nitrogens with one attached hydrogen (secondary N) is 2. The van der Waals surface area contributed by atoms with Gasteiger partial charge >= 0.3 is 0 Å². The minimum Gasteiger partial charge on any atom is -0.337 e. The van der Waals surface area contributed by atoms with Gasteiger partial charge in [0.05, 0.1) is 11.3 Å². The van der Waals surface area contributed by atoms with E-state index in [2.05, 4.69) is 25.5 Å². The average Bonchev–Trinajstić information content (AvgIpc) is 3.41. The molecule has 1 aromatic carbocycles. The van der Waals surface area contributed by atoms with Crippen molar-refractivity contribution in [3.8, 4) is 0 Å². The van der Waals surface area contributed by atoms with E-state index in [1.165, 1.54) is 0 Å². The lowest BCUT2D eigenvalue weighted by atomic mass is 10.1. The van der Waals surface area contributed by atoms with Crippen LogP contribution in [0.3, 0.4) is 0 Å². The highest BCUT2D eigenvalue weighted by atomic mass is 35.5. The average molecular weight is 411 g/mol. The molecule has 4 rings (SSSR count). The summed E-state index contributed by atoms with van der Waals surface area (Å²) in [7, 11) is 0. The number of carbonyl (C=O) groups excluding carboxylic acids is 2. The molecular formula is C20H19ClN6O2. The Labute approximate surface area is 172 Å². The van der Waals surface area contributed by atoms with Crippen LogP contribution < -0.4 is 5.32 Å². The van der Waals surface area contributed by atoms with Gasteiger partial charge in [0, 0.05) is 42.1 Å². The Morgan fingerprint density at radius 2 is 2.03 bits per heavy atom. The van der Waals surface area contributed by atoms with Crippen LogP contribution in [0.4, 0.5) is 5.69 Å². The van der Waals surface area contributed by atoms with E-state index in [0.29, 0.717) is 46.6 Å². The van der Waals surface area contributed by atoms with Crippen LogP contribution in [0.15, 0.2) is 42.7 Å². The molecule has 148 valence electrons. The number of aryl methyl sites for hydroxylation is 1. The first-order chi connectivity index (χ1) is 14.0. The van der Waals surface area contributed by atoms with Gasteiger partial charge in [0.25, 0.3) is 11.8 Å². The smallest absolute Gasteiger partial charge is 0.271 e. The lowest BCUT2D eigenvalue weighted by Gasteiger charge is -2.15. The molecule has 0 unspecified atom stereocenters. The van der Waals surface area contributed by atoms with Crippen molar-refractivity contribution in [1.82, 2.24) is 25.1 Å². The third-order valence-corrected chi connectivity index (χ3v) is 5.17. The fraction of sp³-hybridized carbons (Fsp3) is 0.250. The maximum absolute atomic E-state index is 12.5. The molecule has 1 saturated heterocycles. The summed E-state index contributed by atoms with van der Waals surface area (Å²) in [5.74, 6) is 0.318. The minimum atomic E-state index is -0.279. The molecule has 2 aromatic heterocycles. The molecule has 3 heterocycles. The number of hydrogen-bond donors (Lipinski definition) is 2. The Morgan fingerprint density at radius 3 is 2.72 bits per heavy atom. The highest BCUT2D eigenvalue weighted by Gasteiger charge is 2.30. The maximum Gasteiger partial charge on any atom is 0.271 e. The molecule has 0 aliphatic carbocycles. The van der Waals surface area contributed by atoms with E-state index in [-0.39, 0.29) is 17.7 Å². The number of hydrogen-bond acceptors (Lipinski definition) is 5. The maximum atomic E-state index is 12.5. The van der Waals surface area contributed by atoms with Gasteiger partial charge in [-0.2, -0.15) is 5.10 Å². The minimum absolute atomic E-state index is 0.0361. The van der Waals surface area contributed by atoms with Crippen molar-refractivity contribution in [2.75, 3.05) is 18.4 Å². The van der Waals surface area contributed by atoms with Crippen LogP contribution in [0.1, 0.15) is 44.7 Å². The number of anilines is 1. The third-order valence-electron chi connectivity index (χ3n) is 4.92. The van der Waals surface area contributed by atoms with Crippen LogP contribution in [0, 0.1) is 6.92 Å². The summed E-state index contributed by atoms with van der Waals surface area (Å²) in [6.45, 7) is 2.95. The third kappa shape index (κ3) is 4.12. The van der Waals surface area contributed by atoms with Crippen LogP contribution >= 0.6 is 11.6 Å². The van der Waals surface area contributed by atoms with Crippen LogP contribution in [-0.2, 0) is 0 Å². The second kappa shape index (κ2) is 8.00. The Balaban J connectivity index is 1.44. The van der Waals surface area contributed by atoms with E-state index in [1.807, 2.05) is 0 Å². The van der Waals surface area contributed by atoms with Crippen molar-refractivity contribution >= 4 is 29.1 Å². The first-order valence-corrected chi connectivity index (χ1v) is 9.58. The Kier molecular flexibility index (Phi) is 5.26.